The van der Waals surface area contributed by atoms with E-state index in [1.807, 2.05) is 0 Å². The number of amides is 1. The Morgan fingerprint density at radius 2 is 2.12 bits per heavy atom. The van der Waals surface area contributed by atoms with Gasteiger partial charge in [-0.3, -0.25) is 4.79 Å². The van der Waals surface area contributed by atoms with Crippen molar-refractivity contribution in [3.63, 3.8) is 0 Å². The van der Waals surface area contributed by atoms with Crippen LogP contribution in [0.5, 0.6) is 0 Å². The van der Waals surface area contributed by atoms with Crippen LogP contribution >= 0.6 is 0 Å². The van der Waals surface area contributed by atoms with Crippen molar-refractivity contribution in [3.8, 4) is 0 Å². The largest absolute Gasteiger partial charge is 0.488 e. The van der Waals surface area contributed by atoms with Crippen molar-refractivity contribution in [1.29, 1.82) is 0 Å². The summed E-state index contributed by atoms with van der Waals surface area (Å²) in [6.07, 6.45) is 1.86. The monoisotopic (exact) mass is 223 g/mol. The predicted molar refractivity (Wildman–Crippen MR) is 56.7 cm³/mol. The van der Waals surface area contributed by atoms with Crippen LogP contribution in [0.25, 0.3) is 0 Å². The van der Waals surface area contributed by atoms with Gasteiger partial charge in [0.05, 0.1) is 5.56 Å². The van der Waals surface area contributed by atoms with E-state index in [1.54, 1.807) is 0 Å². The maximum atomic E-state index is 13.4. The normalized spacial score (nSPS) is 14.7. The predicted octanol–water partition coefficient (Wildman–Crippen LogP) is -0.602. The van der Waals surface area contributed by atoms with E-state index in [2.05, 4.69) is 5.32 Å². The second kappa shape index (κ2) is 4.23. The number of hydrogen-bond donors (Lipinski definition) is 3. The van der Waals surface area contributed by atoms with E-state index in [1.165, 1.54) is 12.1 Å². The Balaban J connectivity index is 2.17. The van der Waals surface area contributed by atoms with Gasteiger partial charge in [0.15, 0.2) is 0 Å². The first kappa shape index (κ1) is 11.1. The molecule has 1 saturated carbocycles. The highest BCUT2D eigenvalue weighted by Gasteiger charge is 2.25. The number of halogens is 1. The van der Waals surface area contributed by atoms with Gasteiger partial charge >= 0.3 is 7.12 Å². The Bertz CT molecular complexity index is 421. The zero-order chi connectivity index (χ0) is 11.7. The van der Waals surface area contributed by atoms with Gasteiger partial charge in [-0.05, 0) is 30.4 Å². The smallest absolute Gasteiger partial charge is 0.423 e. The van der Waals surface area contributed by atoms with E-state index in [-0.39, 0.29) is 17.1 Å². The average Bonchev–Trinajstić information content (AvgIpc) is 3.01. The standard InChI is InChI=1S/C10H11BFNO3/c12-9-5-6(11(15)16)1-4-8(9)10(14)13-7-2-3-7/h1,4-5,7,15-16H,2-3H2,(H,13,14). The molecule has 84 valence electrons. The molecule has 1 aromatic carbocycles. The Labute approximate surface area is 92.2 Å². The maximum absolute atomic E-state index is 13.4. The first-order chi connectivity index (χ1) is 7.58. The van der Waals surface area contributed by atoms with E-state index >= 15 is 0 Å². The van der Waals surface area contributed by atoms with Crippen molar-refractivity contribution >= 4 is 18.5 Å². The Kier molecular flexibility index (Phi) is 2.94. The zero-order valence-corrected chi connectivity index (χ0v) is 8.48. The second-order valence-electron chi connectivity index (χ2n) is 3.86. The SMILES string of the molecule is O=C(NC1CC1)c1ccc(B(O)O)cc1F. The van der Waals surface area contributed by atoms with Crippen molar-refractivity contribution in [2.24, 2.45) is 0 Å². The topological polar surface area (TPSA) is 69.6 Å². The lowest BCUT2D eigenvalue weighted by molar-refractivity contribution is 0.0947. The van der Waals surface area contributed by atoms with E-state index < -0.39 is 18.8 Å². The second-order valence-corrected chi connectivity index (χ2v) is 3.86. The summed E-state index contributed by atoms with van der Waals surface area (Å²) in [6.45, 7) is 0. The molecule has 1 amide bonds. The lowest BCUT2D eigenvalue weighted by atomic mass is 9.80. The van der Waals surface area contributed by atoms with Gasteiger partial charge < -0.3 is 15.4 Å². The van der Waals surface area contributed by atoms with Gasteiger partial charge in [-0.2, -0.15) is 0 Å². The summed E-state index contributed by atoms with van der Waals surface area (Å²) in [6, 6.07) is 3.68. The molecule has 1 aliphatic rings. The van der Waals surface area contributed by atoms with Crippen molar-refractivity contribution in [2.45, 2.75) is 18.9 Å². The van der Waals surface area contributed by atoms with Gasteiger partial charge in [0.1, 0.15) is 5.82 Å². The Morgan fingerprint density at radius 3 is 2.62 bits per heavy atom. The number of hydrogen-bond acceptors (Lipinski definition) is 3. The summed E-state index contributed by atoms with van der Waals surface area (Å²) < 4.78 is 13.4. The first-order valence-electron chi connectivity index (χ1n) is 5.04. The number of carbonyl (C=O) groups excluding carboxylic acids is 1. The fourth-order valence-corrected chi connectivity index (χ4v) is 1.37. The highest BCUT2D eigenvalue weighted by Crippen LogP contribution is 2.19. The molecule has 0 unspecified atom stereocenters. The molecule has 0 heterocycles. The maximum Gasteiger partial charge on any atom is 0.488 e. The van der Waals surface area contributed by atoms with Crippen molar-refractivity contribution < 1.29 is 19.2 Å². The summed E-state index contributed by atoms with van der Waals surface area (Å²) in [5.41, 5.74) is -0.0447. The molecule has 0 saturated heterocycles. The lowest BCUT2D eigenvalue weighted by Gasteiger charge is -2.06. The molecule has 1 fully saturated rings. The minimum absolute atomic E-state index is 0.0282. The lowest BCUT2D eigenvalue weighted by Crippen LogP contribution is -2.32. The molecule has 4 nitrogen and oxygen atoms in total. The molecule has 3 N–H and O–H groups in total. The third kappa shape index (κ3) is 2.40. The zero-order valence-electron chi connectivity index (χ0n) is 8.48. The molecular formula is C10H11BFNO3. The van der Waals surface area contributed by atoms with E-state index in [0.717, 1.165) is 18.9 Å². The minimum Gasteiger partial charge on any atom is -0.423 e. The molecule has 6 heteroatoms. The van der Waals surface area contributed by atoms with E-state index in [9.17, 15) is 9.18 Å². The van der Waals surface area contributed by atoms with Crippen LogP contribution in [0.4, 0.5) is 4.39 Å². The van der Waals surface area contributed by atoms with Crippen LogP contribution in [0.1, 0.15) is 23.2 Å². The van der Waals surface area contributed by atoms with Gasteiger partial charge in [0.25, 0.3) is 5.91 Å². The van der Waals surface area contributed by atoms with Gasteiger partial charge in [0, 0.05) is 6.04 Å². The quantitative estimate of drug-likeness (QED) is 0.599. The number of rotatable bonds is 3. The van der Waals surface area contributed by atoms with Crippen molar-refractivity contribution in [2.75, 3.05) is 0 Å². The van der Waals surface area contributed by atoms with Crippen LogP contribution in [0, 0.1) is 5.82 Å². The van der Waals surface area contributed by atoms with Crippen LogP contribution in [-0.4, -0.2) is 29.1 Å². The highest BCUT2D eigenvalue weighted by molar-refractivity contribution is 6.58. The van der Waals surface area contributed by atoms with E-state index in [4.69, 9.17) is 10.0 Å². The van der Waals surface area contributed by atoms with Crippen molar-refractivity contribution in [3.05, 3.63) is 29.6 Å². The summed E-state index contributed by atoms with van der Waals surface area (Å²) in [5, 5.41) is 20.3. The van der Waals surface area contributed by atoms with Gasteiger partial charge in [-0.1, -0.05) is 6.07 Å². The average molecular weight is 223 g/mol. The summed E-state index contributed by atoms with van der Waals surface area (Å²) in [5.74, 6) is -1.21. The molecular weight excluding hydrogens is 212 g/mol. The summed E-state index contributed by atoms with van der Waals surface area (Å²) in [4.78, 5) is 11.5. The molecule has 0 aliphatic heterocycles. The van der Waals surface area contributed by atoms with Gasteiger partial charge in [0.2, 0.25) is 0 Å². The number of nitrogens with one attached hydrogen (secondary N) is 1. The van der Waals surface area contributed by atoms with Crippen LogP contribution in [0.2, 0.25) is 0 Å². The number of benzene rings is 1. The minimum atomic E-state index is -1.73. The van der Waals surface area contributed by atoms with Gasteiger partial charge in [-0.25, -0.2) is 4.39 Å². The van der Waals surface area contributed by atoms with E-state index in [0.29, 0.717) is 0 Å². The van der Waals surface area contributed by atoms with Crippen LogP contribution < -0.4 is 10.8 Å². The fraction of sp³-hybridized carbons (Fsp3) is 0.300. The molecule has 2 rings (SSSR count). The Hall–Kier alpha value is -1.40. The fourth-order valence-electron chi connectivity index (χ4n) is 1.37. The first-order valence-corrected chi connectivity index (χ1v) is 5.04. The molecule has 0 bridgehead atoms. The summed E-state index contributed by atoms with van der Waals surface area (Å²) in [7, 11) is -1.73. The molecule has 1 aromatic rings. The molecule has 0 spiro atoms. The Morgan fingerprint density at radius 1 is 1.44 bits per heavy atom. The molecule has 16 heavy (non-hydrogen) atoms. The molecule has 0 radical (unpaired) electrons. The van der Waals surface area contributed by atoms with Gasteiger partial charge in [-0.15, -0.1) is 0 Å². The number of carbonyl (C=O) groups is 1. The van der Waals surface area contributed by atoms with Crippen molar-refractivity contribution in [1.82, 2.24) is 5.32 Å². The highest BCUT2D eigenvalue weighted by atomic mass is 19.1. The molecule has 0 atom stereocenters. The van der Waals surface area contributed by atoms with Crippen LogP contribution in [-0.2, 0) is 0 Å². The van der Waals surface area contributed by atoms with Crippen LogP contribution in [0.15, 0.2) is 18.2 Å². The van der Waals surface area contributed by atoms with Crippen LogP contribution in [0.3, 0.4) is 0 Å². The molecule has 0 aromatic heterocycles. The third-order valence-corrected chi connectivity index (χ3v) is 2.45. The summed E-state index contributed by atoms with van der Waals surface area (Å²) >= 11 is 0. The molecule has 1 aliphatic carbocycles. The third-order valence-electron chi connectivity index (χ3n) is 2.45.